The third-order valence-corrected chi connectivity index (χ3v) is 3.75. The molecule has 2 aromatic carbocycles. The average Bonchev–Trinajstić information content (AvgIpc) is 2.94. The number of halogens is 3. The summed E-state index contributed by atoms with van der Waals surface area (Å²) in [5, 5.41) is 3.86. The van der Waals surface area contributed by atoms with Crippen LogP contribution in [0.25, 0.3) is 22.5 Å². The molecule has 3 aromatic rings. The molecule has 0 aliphatic heterocycles. The fraction of sp³-hybridized carbons (Fsp3) is 0.118. The van der Waals surface area contributed by atoms with Crippen LogP contribution in [0.15, 0.2) is 34.9 Å². The van der Waals surface area contributed by atoms with Crippen molar-refractivity contribution in [3.8, 4) is 22.5 Å². The lowest BCUT2D eigenvalue weighted by molar-refractivity contribution is -0.117. The van der Waals surface area contributed by atoms with Crippen molar-refractivity contribution in [2.45, 2.75) is 13.3 Å². The summed E-state index contributed by atoms with van der Waals surface area (Å²) in [7, 11) is 0. The van der Waals surface area contributed by atoms with Crippen LogP contribution >= 0.6 is 11.6 Å². The van der Waals surface area contributed by atoms with Crippen molar-refractivity contribution in [2.24, 2.45) is 5.73 Å². The highest BCUT2D eigenvalue weighted by Gasteiger charge is 2.20. The van der Waals surface area contributed by atoms with Gasteiger partial charge in [0, 0.05) is 11.9 Å². The molecule has 0 saturated carbocycles. The molecule has 0 aliphatic rings. The van der Waals surface area contributed by atoms with Gasteiger partial charge in [-0.3, -0.25) is 4.79 Å². The van der Waals surface area contributed by atoms with Gasteiger partial charge in [-0.1, -0.05) is 28.9 Å². The van der Waals surface area contributed by atoms with Crippen LogP contribution in [0.3, 0.4) is 0 Å². The molecule has 1 amide bonds. The summed E-state index contributed by atoms with van der Waals surface area (Å²) < 4.78 is 33.6. The van der Waals surface area contributed by atoms with E-state index in [0.29, 0.717) is 11.1 Å². The van der Waals surface area contributed by atoms with E-state index < -0.39 is 17.5 Å². The first-order valence-corrected chi connectivity index (χ1v) is 7.60. The van der Waals surface area contributed by atoms with Crippen LogP contribution in [-0.4, -0.2) is 16.0 Å². The highest BCUT2D eigenvalue weighted by Crippen LogP contribution is 2.36. The highest BCUT2D eigenvalue weighted by molar-refractivity contribution is 6.31. The number of primary amides is 1. The fourth-order valence-corrected chi connectivity index (χ4v) is 2.68. The monoisotopic (exact) mass is 363 g/mol. The van der Waals surface area contributed by atoms with Gasteiger partial charge in [0.25, 0.3) is 0 Å². The lowest BCUT2D eigenvalue weighted by Gasteiger charge is -2.10. The van der Waals surface area contributed by atoms with Gasteiger partial charge in [-0.05, 0) is 34.9 Å². The maximum Gasteiger partial charge on any atom is 0.223 e. The van der Waals surface area contributed by atoms with Gasteiger partial charge in [-0.2, -0.15) is 4.98 Å². The Bertz CT molecular complexity index is 973. The molecule has 0 saturated heterocycles. The minimum absolute atomic E-state index is 0.0308. The second kappa shape index (κ2) is 6.60. The van der Waals surface area contributed by atoms with Crippen LogP contribution in [0, 0.1) is 18.6 Å². The van der Waals surface area contributed by atoms with E-state index in [9.17, 15) is 13.6 Å². The van der Waals surface area contributed by atoms with Crippen molar-refractivity contribution in [3.63, 3.8) is 0 Å². The standard InChI is InChI=1S/C17H12ClF2N3O2/c1-8-22-17(23-25-8)16-12(6-11(18)7-14(16)20)9-2-3-10(5-15(21)24)13(19)4-9/h2-4,6-7H,5H2,1H3,(H2,21,24). The van der Waals surface area contributed by atoms with Gasteiger partial charge in [0.1, 0.15) is 11.6 Å². The number of carbonyl (C=O) groups excluding carboxylic acids is 1. The zero-order valence-corrected chi connectivity index (χ0v) is 13.8. The lowest BCUT2D eigenvalue weighted by Crippen LogP contribution is -2.14. The Kier molecular flexibility index (Phi) is 4.50. The highest BCUT2D eigenvalue weighted by atomic mass is 35.5. The Hall–Kier alpha value is -2.80. The van der Waals surface area contributed by atoms with E-state index in [1.807, 2.05) is 0 Å². The third kappa shape index (κ3) is 3.51. The van der Waals surface area contributed by atoms with Crippen molar-refractivity contribution in [1.82, 2.24) is 10.1 Å². The second-order valence-corrected chi connectivity index (χ2v) is 5.83. The molecule has 0 bridgehead atoms. The smallest absolute Gasteiger partial charge is 0.223 e. The maximum absolute atomic E-state index is 14.5. The third-order valence-electron chi connectivity index (χ3n) is 3.53. The maximum atomic E-state index is 14.5. The Balaban J connectivity index is 2.17. The summed E-state index contributed by atoms with van der Waals surface area (Å²) >= 11 is 5.95. The number of benzene rings is 2. The Morgan fingerprint density at radius 1 is 1.24 bits per heavy atom. The van der Waals surface area contributed by atoms with Gasteiger partial charge in [0.15, 0.2) is 0 Å². The molecule has 3 rings (SSSR count). The van der Waals surface area contributed by atoms with Crippen LogP contribution in [-0.2, 0) is 11.2 Å². The fourth-order valence-electron chi connectivity index (χ4n) is 2.48. The predicted octanol–water partition coefficient (Wildman–Crippen LogP) is 3.67. The van der Waals surface area contributed by atoms with Gasteiger partial charge in [0.2, 0.25) is 17.6 Å². The first-order valence-electron chi connectivity index (χ1n) is 7.22. The van der Waals surface area contributed by atoms with E-state index in [1.54, 1.807) is 13.0 Å². The molecule has 0 fully saturated rings. The van der Waals surface area contributed by atoms with E-state index in [1.165, 1.54) is 18.2 Å². The first kappa shape index (κ1) is 17.0. The van der Waals surface area contributed by atoms with Gasteiger partial charge in [0.05, 0.1) is 12.0 Å². The molecule has 8 heteroatoms. The van der Waals surface area contributed by atoms with E-state index in [2.05, 4.69) is 10.1 Å². The van der Waals surface area contributed by atoms with Crippen LogP contribution in [0.4, 0.5) is 8.78 Å². The quantitative estimate of drug-likeness (QED) is 0.766. The molecule has 128 valence electrons. The number of hydrogen-bond acceptors (Lipinski definition) is 4. The minimum Gasteiger partial charge on any atom is -0.369 e. The number of nitrogens with two attached hydrogens (primary N) is 1. The number of aryl methyl sites for hydroxylation is 1. The molecular formula is C17H12ClF2N3O2. The lowest BCUT2D eigenvalue weighted by atomic mass is 9.97. The molecule has 0 aliphatic carbocycles. The molecule has 0 radical (unpaired) electrons. The SMILES string of the molecule is Cc1nc(-c2c(F)cc(Cl)cc2-c2ccc(CC(N)=O)c(F)c2)no1. The Morgan fingerprint density at radius 3 is 2.60 bits per heavy atom. The van der Waals surface area contributed by atoms with Gasteiger partial charge in [-0.15, -0.1) is 0 Å². The number of amides is 1. The van der Waals surface area contributed by atoms with Crippen LogP contribution < -0.4 is 5.73 Å². The summed E-state index contributed by atoms with van der Waals surface area (Å²) in [6, 6.07) is 6.74. The molecule has 0 spiro atoms. The molecule has 5 nitrogen and oxygen atoms in total. The van der Waals surface area contributed by atoms with Crippen molar-refractivity contribution in [1.29, 1.82) is 0 Å². The van der Waals surface area contributed by atoms with Crippen molar-refractivity contribution in [2.75, 3.05) is 0 Å². The molecule has 1 heterocycles. The number of aromatic nitrogens is 2. The van der Waals surface area contributed by atoms with Crippen LogP contribution in [0.2, 0.25) is 5.02 Å². The number of nitrogens with zero attached hydrogens (tertiary/aromatic N) is 2. The number of rotatable bonds is 4. The molecule has 25 heavy (non-hydrogen) atoms. The Labute approximate surface area is 146 Å². The second-order valence-electron chi connectivity index (χ2n) is 5.40. The van der Waals surface area contributed by atoms with Crippen LogP contribution in [0.5, 0.6) is 0 Å². The average molecular weight is 364 g/mol. The van der Waals surface area contributed by atoms with Crippen molar-refractivity contribution < 1.29 is 18.1 Å². The molecular weight excluding hydrogens is 352 g/mol. The summed E-state index contributed by atoms with van der Waals surface area (Å²) in [6.07, 6.45) is -0.229. The normalized spacial score (nSPS) is 10.9. The Morgan fingerprint density at radius 2 is 2.00 bits per heavy atom. The van der Waals surface area contributed by atoms with Gasteiger partial charge < -0.3 is 10.3 Å². The van der Waals surface area contributed by atoms with E-state index in [0.717, 1.165) is 6.07 Å². The zero-order valence-electron chi connectivity index (χ0n) is 13.0. The summed E-state index contributed by atoms with van der Waals surface area (Å²) in [5.41, 5.74) is 5.93. The minimum atomic E-state index is -0.662. The van der Waals surface area contributed by atoms with Crippen LogP contribution in [0.1, 0.15) is 11.5 Å². The van der Waals surface area contributed by atoms with E-state index in [4.69, 9.17) is 21.9 Å². The summed E-state index contributed by atoms with van der Waals surface area (Å²) in [4.78, 5) is 15.0. The first-order chi connectivity index (χ1) is 11.8. The molecule has 0 atom stereocenters. The summed E-state index contributed by atoms with van der Waals surface area (Å²) in [6.45, 7) is 1.57. The van der Waals surface area contributed by atoms with Crippen molar-refractivity contribution in [3.05, 3.63) is 58.4 Å². The summed E-state index contributed by atoms with van der Waals surface area (Å²) in [5.74, 6) is -1.65. The van der Waals surface area contributed by atoms with Gasteiger partial charge >= 0.3 is 0 Å². The molecule has 0 unspecified atom stereocenters. The van der Waals surface area contributed by atoms with E-state index in [-0.39, 0.29) is 34.3 Å². The zero-order chi connectivity index (χ0) is 18.1. The molecule has 1 aromatic heterocycles. The van der Waals surface area contributed by atoms with E-state index >= 15 is 0 Å². The van der Waals surface area contributed by atoms with Crippen molar-refractivity contribution >= 4 is 17.5 Å². The molecule has 2 N–H and O–H groups in total. The predicted molar refractivity (Wildman–Crippen MR) is 87.7 cm³/mol. The number of carbonyl (C=O) groups is 1. The van der Waals surface area contributed by atoms with Gasteiger partial charge in [-0.25, -0.2) is 8.78 Å². The topological polar surface area (TPSA) is 82.0 Å². The largest absolute Gasteiger partial charge is 0.369 e. The number of hydrogen-bond donors (Lipinski definition) is 1.